The van der Waals surface area contributed by atoms with Crippen molar-refractivity contribution in [3.05, 3.63) is 100 Å². The standard InChI is InChI=1S/C27H21F4NO4/c1-3-36-21-13-8-16(14-15(21)2)24(33)22-23(19-6-4-5-7-20(19)28)32(26(35)25(22)34)18-11-9-17(10-12-18)27(29,30)31/h4-14,23,33H,3H2,1-2H3/b24-22+. The maximum atomic E-state index is 14.9. The van der Waals surface area contributed by atoms with Gasteiger partial charge in [0.05, 0.1) is 23.8 Å². The van der Waals surface area contributed by atoms with Crippen molar-refractivity contribution in [2.24, 2.45) is 0 Å². The summed E-state index contributed by atoms with van der Waals surface area (Å²) in [6.07, 6.45) is -4.61. The van der Waals surface area contributed by atoms with E-state index in [1.807, 2.05) is 6.92 Å². The quantitative estimate of drug-likeness (QED) is 0.197. The summed E-state index contributed by atoms with van der Waals surface area (Å²) < 4.78 is 59.6. The van der Waals surface area contributed by atoms with Crippen molar-refractivity contribution in [2.75, 3.05) is 11.5 Å². The maximum absolute atomic E-state index is 14.9. The third-order valence-corrected chi connectivity index (χ3v) is 5.87. The first-order chi connectivity index (χ1) is 17.0. The van der Waals surface area contributed by atoms with E-state index in [1.54, 1.807) is 19.1 Å². The number of hydrogen-bond donors (Lipinski definition) is 1. The van der Waals surface area contributed by atoms with Crippen LogP contribution in [0.1, 0.15) is 35.2 Å². The normalized spacial score (nSPS) is 17.5. The number of alkyl halides is 3. The Bertz CT molecular complexity index is 1360. The number of aryl methyl sites for hydroxylation is 1. The summed E-state index contributed by atoms with van der Waals surface area (Å²) in [6, 6.07) is 12.2. The summed E-state index contributed by atoms with van der Waals surface area (Å²) in [4.78, 5) is 27.1. The molecule has 1 amide bonds. The number of Topliss-reactive ketones (excluding diaryl/α,β-unsaturated/α-hetero) is 1. The topological polar surface area (TPSA) is 66.8 Å². The highest BCUT2D eigenvalue weighted by Gasteiger charge is 2.48. The van der Waals surface area contributed by atoms with Crippen LogP contribution in [0.15, 0.2) is 72.3 Å². The number of aliphatic hydroxyl groups excluding tert-OH is 1. The Morgan fingerprint density at radius 1 is 1.03 bits per heavy atom. The van der Waals surface area contributed by atoms with Gasteiger partial charge >= 0.3 is 6.18 Å². The molecule has 4 rings (SSSR count). The van der Waals surface area contributed by atoms with Crippen molar-refractivity contribution in [3.63, 3.8) is 0 Å². The minimum absolute atomic E-state index is 0.0553. The first kappa shape index (κ1) is 25.0. The van der Waals surface area contributed by atoms with Crippen molar-refractivity contribution < 1.29 is 37.0 Å². The van der Waals surface area contributed by atoms with E-state index in [-0.39, 0.29) is 22.4 Å². The number of rotatable bonds is 5. The lowest BCUT2D eigenvalue weighted by Gasteiger charge is -2.26. The Kier molecular flexibility index (Phi) is 6.58. The van der Waals surface area contributed by atoms with Crippen LogP contribution >= 0.6 is 0 Å². The number of amides is 1. The highest BCUT2D eigenvalue weighted by Crippen LogP contribution is 2.43. The average Bonchev–Trinajstić information content (AvgIpc) is 3.10. The summed E-state index contributed by atoms with van der Waals surface area (Å²) in [5.41, 5.74) is -0.632. The van der Waals surface area contributed by atoms with Gasteiger partial charge in [0.2, 0.25) is 0 Å². The summed E-state index contributed by atoms with van der Waals surface area (Å²) in [7, 11) is 0. The van der Waals surface area contributed by atoms with Gasteiger partial charge in [0, 0.05) is 16.8 Å². The molecule has 9 heteroatoms. The van der Waals surface area contributed by atoms with Gasteiger partial charge < -0.3 is 9.84 Å². The molecule has 1 heterocycles. The molecular weight excluding hydrogens is 478 g/mol. The Labute approximate surface area is 204 Å². The number of ketones is 1. The summed E-state index contributed by atoms with van der Waals surface area (Å²) in [6.45, 7) is 3.96. The number of aliphatic hydroxyl groups is 1. The minimum atomic E-state index is -4.61. The number of hydrogen-bond acceptors (Lipinski definition) is 4. The number of anilines is 1. The molecule has 1 fully saturated rings. The molecular formula is C27H21F4NO4. The highest BCUT2D eigenvalue weighted by molar-refractivity contribution is 6.51. The van der Waals surface area contributed by atoms with Crippen LogP contribution in [0.2, 0.25) is 0 Å². The van der Waals surface area contributed by atoms with Crippen LogP contribution in [-0.4, -0.2) is 23.4 Å². The number of ether oxygens (including phenoxy) is 1. The lowest BCUT2D eigenvalue weighted by atomic mass is 9.94. The van der Waals surface area contributed by atoms with Gasteiger partial charge in [0.1, 0.15) is 17.3 Å². The van der Waals surface area contributed by atoms with E-state index in [0.29, 0.717) is 17.9 Å². The summed E-state index contributed by atoms with van der Waals surface area (Å²) in [5.74, 6) is -2.93. The van der Waals surface area contributed by atoms with Crippen LogP contribution in [0.4, 0.5) is 23.2 Å². The van der Waals surface area contributed by atoms with Gasteiger partial charge in [-0.25, -0.2) is 4.39 Å². The molecule has 0 spiro atoms. The lowest BCUT2D eigenvalue weighted by molar-refractivity contribution is -0.137. The molecule has 1 saturated heterocycles. The van der Waals surface area contributed by atoms with Gasteiger partial charge in [0.15, 0.2) is 0 Å². The van der Waals surface area contributed by atoms with Crippen molar-refractivity contribution in [3.8, 4) is 5.75 Å². The SMILES string of the molecule is CCOc1ccc(/C(O)=C2\C(=O)C(=O)N(c3ccc(C(F)(F)F)cc3)C2c2ccccc2F)cc1C. The minimum Gasteiger partial charge on any atom is -0.507 e. The fraction of sp³-hybridized carbons (Fsp3) is 0.185. The van der Waals surface area contributed by atoms with E-state index < -0.39 is 41.0 Å². The summed E-state index contributed by atoms with van der Waals surface area (Å²) >= 11 is 0. The van der Waals surface area contributed by atoms with Crippen molar-refractivity contribution in [1.29, 1.82) is 0 Å². The Hall–Kier alpha value is -4.14. The second kappa shape index (κ2) is 9.49. The van der Waals surface area contributed by atoms with Crippen LogP contribution in [-0.2, 0) is 15.8 Å². The summed E-state index contributed by atoms with van der Waals surface area (Å²) in [5, 5.41) is 11.2. The molecule has 0 bridgehead atoms. The van der Waals surface area contributed by atoms with Crippen LogP contribution in [0, 0.1) is 12.7 Å². The lowest BCUT2D eigenvalue weighted by Crippen LogP contribution is -2.30. The fourth-order valence-electron chi connectivity index (χ4n) is 4.17. The molecule has 0 aromatic heterocycles. The molecule has 1 aliphatic heterocycles. The Morgan fingerprint density at radius 3 is 2.28 bits per heavy atom. The molecule has 1 atom stereocenters. The van der Waals surface area contributed by atoms with Gasteiger partial charge in [-0.05, 0) is 67.9 Å². The zero-order chi connectivity index (χ0) is 26.2. The molecule has 36 heavy (non-hydrogen) atoms. The number of halogens is 4. The zero-order valence-electron chi connectivity index (χ0n) is 19.3. The second-order valence-corrected chi connectivity index (χ2v) is 8.15. The van der Waals surface area contributed by atoms with Crippen molar-refractivity contribution in [2.45, 2.75) is 26.1 Å². The monoisotopic (exact) mass is 499 g/mol. The van der Waals surface area contributed by atoms with E-state index in [9.17, 15) is 32.3 Å². The Balaban J connectivity index is 1.90. The third kappa shape index (κ3) is 4.44. The number of nitrogens with zero attached hydrogens (tertiary/aromatic N) is 1. The number of carbonyl (C=O) groups is 2. The molecule has 3 aromatic carbocycles. The van der Waals surface area contributed by atoms with Crippen LogP contribution in [0.25, 0.3) is 5.76 Å². The molecule has 0 saturated carbocycles. The highest BCUT2D eigenvalue weighted by atomic mass is 19.4. The van der Waals surface area contributed by atoms with Crippen molar-refractivity contribution >= 4 is 23.1 Å². The van der Waals surface area contributed by atoms with E-state index in [1.165, 1.54) is 24.3 Å². The average molecular weight is 499 g/mol. The number of carbonyl (C=O) groups excluding carboxylic acids is 2. The fourth-order valence-corrected chi connectivity index (χ4v) is 4.17. The smallest absolute Gasteiger partial charge is 0.416 e. The van der Waals surface area contributed by atoms with Gasteiger partial charge in [-0.15, -0.1) is 0 Å². The first-order valence-electron chi connectivity index (χ1n) is 11.0. The van der Waals surface area contributed by atoms with Crippen molar-refractivity contribution in [1.82, 2.24) is 0 Å². The molecule has 0 radical (unpaired) electrons. The second-order valence-electron chi connectivity index (χ2n) is 8.15. The van der Waals surface area contributed by atoms with Crippen LogP contribution in [0.5, 0.6) is 5.75 Å². The van der Waals surface area contributed by atoms with Crippen LogP contribution < -0.4 is 9.64 Å². The largest absolute Gasteiger partial charge is 0.507 e. The van der Waals surface area contributed by atoms with E-state index in [4.69, 9.17) is 4.74 Å². The van der Waals surface area contributed by atoms with Gasteiger partial charge in [-0.1, -0.05) is 18.2 Å². The van der Waals surface area contributed by atoms with E-state index in [2.05, 4.69) is 0 Å². The molecule has 5 nitrogen and oxygen atoms in total. The number of benzene rings is 3. The Morgan fingerprint density at radius 2 is 1.69 bits per heavy atom. The van der Waals surface area contributed by atoms with Gasteiger partial charge in [-0.2, -0.15) is 13.2 Å². The molecule has 1 N–H and O–H groups in total. The van der Waals surface area contributed by atoms with E-state index >= 15 is 0 Å². The molecule has 3 aromatic rings. The maximum Gasteiger partial charge on any atom is 0.416 e. The van der Waals surface area contributed by atoms with Gasteiger partial charge in [-0.3, -0.25) is 14.5 Å². The molecule has 186 valence electrons. The molecule has 0 aliphatic carbocycles. The predicted octanol–water partition coefficient (Wildman–Crippen LogP) is 6.18. The molecule has 1 aliphatic rings. The molecule has 1 unspecified atom stereocenters. The van der Waals surface area contributed by atoms with Gasteiger partial charge in [0.25, 0.3) is 11.7 Å². The zero-order valence-corrected chi connectivity index (χ0v) is 19.3. The predicted molar refractivity (Wildman–Crippen MR) is 125 cm³/mol. The van der Waals surface area contributed by atoms with Crippen LogP contribution in [0.3, 0.4) is 0 Å². The van der Waals surface area contributed by atoms with E-state index in [0.717, 1.165) is 35.2 Å². The third-order valence-electron chi connectivity index (χ3n) is 5.87. The first-order valence-corrected chi connectivity index (χ1v) is 11.0.